The third kappa shape index (κ3) is 4.22. The lowest BCUT2D eigenvalue weighted by molar-refractivity contribution is 0.669. The van der Waals surface area contributed by atoms with E-state index in [1.165, 1.54) is 0 Å². The maximum Gasteiger partial charge on any atom is 0.136 e. The number of hydrogen-bond acceptors (Lipinski definition) is 1. The molecule has 0 aliphatic rings. The standard InChI is InChI=1S/C50H30O/c1-2-14-33-28-36(25-24-31(33)12-1)47-38-18-7-9-20-41(38)50(42-21-10-8-19-39(42)47)49-37-17-6-5-13-32(37)26-27-43(49)40-22-11-23-45-48(40)44-29-34-15-3-4-16-35(34)30-46(44)51-45/h1-30H/i7D,8D,9D,10D,18D,19D,20D,21D. The normalized spacial score (nSPS) is 14.1. The number of benzene rings is 10. The Labute approximate surface area is 305 Å². The van der Waals surface area contributed by atoms with Gasteiger partial charge in [0.2, 0.25) is 0 Å². The summed E-state index contributed by atoms with van der Waals surface area (Å²) in [6.07, 6.45) is 0. The van der Waals surface area contributed by atoms with E-state index in [0.29, 0.717) is 39.0 Å². The highest BCUT2D eigenvalue weighted by Crippen LogP contribution is 2.50. The number of rotatable bonds is 3. The predicted octanol–water partition coefficient (Wildman–Crippen LogP) is 14.4. The van der Waals surface area contributed by atoms with Gasteiger partial charge in [-0.2, -0.15) is 0 Å². The zero-order valence-corrected chi connectivity index (χ0v) is 27.1. The molecule has 0 spiro atoms. The minimum absolute atomic E-state index is 0.171. The number of hydrogen-bond donors (Lipinski definition) is 0. The molecule has 0 radical (unpaired) electrons. The van der Waals surface area contributed by atoms with Gasteiger partial charge in [0.05, 0.1) is 11.0 Å². The Hall–Kier alpha value is -6.70. The summed E-state index contributed by atoms with van der Waals surface area (Å²) >= 11 is 0. The van der Waals surface area contributed by atoms with Crippen LogP contribution in [-0.2, 0) is 0 Å². The van der Waals surface area contributed by atoms with Crippen molar-refractivity contribution in [3.63, 3.8) is 0 Å². The summed E-state index contributed by atoms with van der Waals surface area (Å²) in [7, 11) is 0. The Morgan fingerprint density at radius 2 is 0.941 bits per heavy atom. The molecule has 0 amide bonds. The van der Waals surface area contributed by atoms with Crippen LogP contribution >= 0.6 is 0 Å². The average molecular weight is 655 g/mol. The van der Waals surface area contributed by atoms with Crippen LogP contribution in [0.25, 0.3) is 109 Å². The quantitative estimate of drug-likeness (QED) is 0.173. The molecule has 1 nitrogen and oxygen atoms in total. The molecule has 0 bridgehead atoms. The van der Waals surface area contributed by atoms with Crippen LogP contribution in [0.4, 0.5) is 0 Å². The molecule has 11 aromatic rings. The third-order valence-corrected chi connectivity index (χ3v) is 10.2. The minimum Gasteiger partial charge on any atom is -0.456 e. The highest BCUT2D eigenvalue weighted by atomic mass is 16.3. The second-order valence-electron chi connectivity index (χ2n) is 13.0. The summed E-state index contributed by atoms with van der Waals surface area (Å²) in [6, 6.07) is 40.5. The van der Waals surface area contributed by atoms with E-state index in [1.807, 2.05) is 121 Å². The van der Waals surface area contributed by atoms with Crippen LogP contribution in [0.3, 0.4) is 0 Å². The van der Waals surface area contributed by atoms with Crippen molar-refractivity contribution in [3.05, 3.63) is 182 Å². The monoisotopic (exact) mass is 654 g/mol. The molecule has 0 saturated carbocycles. The van der Waals surface area contributed by atoms with E-state index >= 15 is 0 Å². The molecule has 1 aromatic heterocycles. The van der Waals surface area contributed by atoms with Gasteiger partial charge in [-0.05, 0) is 112 Å². The lowest BCUT2D eigenvalue weighted by Crippen LogP contribution is -1.94. The zero-order valence-electron chi connectivity index (χ0n) is 35.1. The molecule has 0 aliphatic carbocycles. The fraction of sp³-hybridized carbons (Fsp3) is 0. The van der Waals surface area contributed by atoms with E-state index in [9.17, 15) is 5.48 Å². The van der Waals surface area contributed by atoms with Crippen molar-refractivity contribution in [3.8, 4) is 33.4 Å². The van der Waals surface area contributed by atoms with E-state index in [1.54, 1.807) is 0 Å². The van der Waals surface area contributed by atoms with Gasteiger partial charge >= 0.3 is 0 Å². The van der Waals surface area contributed by atoms with Gasteiger partial charge in [0, 0.05) is 10.8 Å². The fourth-order valence-electron chi connectivity index (χ4n) is 8.01. The highest BCUT2D eigenvalue weighted by Gasteiger charge is 2.23. The van der Waals surface area contributed by atoms with Crippen molar-refractivity contribution in [2.45, 2.75) is 0 Å². The SMILES string of the molecule is [2H]c1c([2H])c([2H])c2c(-c3c(-c4cccc5oc6cc7ccccc7cc6c45)ccc4ccccc34)c3c([2H])c([2H])c([2H])c([2H])c3c(-c3ccc4ccccc4c3)c2c1[2H]. The molecule has 0 atom stereocenters. The lowest BCUT2D eigenvalue weighted by atomic mass is 9.81. The Bertz CT molecular complexity index is 3580. The molecule has 0 saturated heterocycles. The first-order valence-electron chi connectivity index (χ1n) is 20.9. The molecule has 11 rings (SSSR count). The van der Waals surface area contributed by atoms with E-state index in [4.69, 9.17) is 9.90 Å². The minimum atomic E-state index is -0.440. The summed E-state index contributed by atoms with van der Waals surface area (Å²) in [6.45, 7) is 0. The van der Waals surface area contributed by atoms with Gasteiger partial charge in [-0.3, -0.25) is 0 Å². The van der Waals surface area contributed by atoms with Crippen molar-refractivity contribution >= 4 is 75.8 Å². The molecule has 236 valence electrons. The topological polar surface area (TPSA) is 13.1 Å². The Morgan fingerprint density at radius 1 is 0.353 bits per heavy atom. The maximum atomic E-state index is 9.68. The number of fused-ring (bicyclic) bond motifs is 8. The van der Waals surface area contributed by atoms with E-state index in [-0.39, 0.29) is 45.7 Å². The molecule has 1 heterocycles. The lowest BCUT2D eigenvalue weighted by Gasteiger charge is -2.21. The molecule has 51 heavy (non-hydrogen) atoms. The Morgan fingerprint density at radius 3 is 1.67 bits per heavy atom. The van der Waals surface area contributed by atoms with Gasteiger partial charge in [-0.1, -0.05) is 158 Å². The predicted molar refractivity (Wildman–Crippen MR) is 218 cm³/mol. The van der Waals surface area contributed by atoms with Crippen molar-refractivity contribution in [1.82, 2.24) is 0 Å². The van der Waals surface area contributed by atoms with Crippen molar-refractivity contribution in [2.75, 3.05) is 0 Å². The summed E-state index contributed by atoms with van der Waals surface area (Å²) in [5.74, 6) is 0. The first-order valence-corrected chi connectivity index (χ1v) is 16.9. The van der Waals surface area contributed by atoms with Gasteiger partial charge in [0.15, 0.2) is 0 Å². The smallest absolute Gasteiger partial charge is 0.136 e. The van der Waals surface area contributed by atoms with Gasteiger partial charge in [-0.15, -0.1) is 0 Å². The van der Waals surface area contributed by atoms with Crippen LogP contribution < -0.4 is 0 Å². The third-order valence-electron chi connectivity index (χ3n) is 10.2. The van der Waals surface area contributed by atoms with Crippen LogP contribution in [0.15, 0.2) is 186 Å². The second kappa shape index (κ2) is 10.9. The zero-order chi connectivity index (χ0) is 40.4. The highest BCUT2D eigenvalue weighted by molar-refractivity contribution is 6.27. The Kier molecular flexibility index (Phi) is 4.57. The Balaban J connectivity index is 1.40. The molecule has 0 N–H and O–H groups in total. The summed E-state index contributed by atoms with van der Waals surface area (Å²) < 4.78 is 81.1. The van der Waals surface area contributed by atoms with Crippen LogP contribution in [0.1, 0.15) is 11.0 Å². The summed E-state index contributed by atoms with van der Waals surface area (Å²) in [5, 5.41) is 7.98. The van der Waals surface area contributed by atoms with E-state index in [0.717, 1.165) is 48.7 Å². The van der Waals surface area contributed by atoms with Gasteiger partial charge in [0.1, 0.15) is 11.2 Å². The van der Waals surface area contributed by atoms with Crippen molar-refractivity contribution in [1.29, 1.82) is 0 Å². The molecule has 0 fully saturated rings. The van der Waals surface area contributed by atoms with E-state index in [2.05, 4.69) is 12.1 Å². The summed E-state index contributed by atoms with van der Waals surface area (Å²) in [4.78, 5) is 0. The average Bonchev–Trinajstić information content (AvgIpc) is 3.64. The first-order chi connectivity index (χ1) is 28.6. The molecular weight excluding hydrogens is 617 g/mol. The fourth-order valence-corrected chi connectivity index (χ4v) is 8.01. The van der Waals surface area contributed by atoms with Crippen LogP contribution in [0, 0.1) is 0 Å². The molecule has 10 aromatic carbocycles. The molecular formula is C50H30O. The van der Waals surface area contributed by atoms with Crippen LogP contribution in [-0.4, -0.2) is 0 Å². The van der Waals surface area contributed by atoms with E-state index < -0.39 is 24.2 Å². The maximum absolute atomic E-state index is 9.68. The molecule has 1 heteroatoms. The van der Waals surface area contributed by atoms with Gasteiger partial charge in [0.25, 0.3) is 0 Å². The number of furan rings is 1. The largest absolute Gasteiger partial charge is 0.456 e. The van der Waals surface area contributed by atoms with Crippen LogP contribution in [0.2, 0.25) is 0 Å². The van der Waals surface area contributed by atoms with Gasteiger partial charge in [-0.25, -0.2) is 0 Å². The van der Waals surface area contributed by atoms with Crippen molar-refractivity contribution < 1.29 is 15.4 Å². The second-order valence-corrected chi connectivity index (χ2v) is 13.0. The van der Waals surface area contributed by atoms with Crippen LogP contribution in [0.5, 0.6) is 0 Å². The van der Waals surface area contributed by atoms with Crippen molar-refractivity contribution in [2.24, 2.45) is 0 Å². The molecule has 0 aliphatic heterocycles. The summed E-state index contributed by atoms with van der Waals surface area (Å²) in [5.41, 5.74) is 4.68. The molecule has 0 unspecified atom stereocenters. The van der Waals surface area contributed by atoms with Gasteiger partial charge < -0.3 is 4.42 Å². The first kappa shape index (κ1) is 21.4.